The third-order valence-corrected chi connectivity index (χ3v) is 3.06. The molecular weight excluding hydrogens is 204 g/mol. The summed E-state index contributed by atoms with van der Waals surface area (Å²) >= 11 is 0. The molecule has 0 unspecified atom stereocenters. The van der Waals surface area contributed by atoms with Gasteiger partial charge in [0.15, 0.2) is 0 Å². The Labute approximate surface area is 94.6 Å². The molecule has 1 aromatic rings. The van der Waals surface area contributed by atoms with E-state index >= 15 is 0 Å². The van der Waals surface area contributed by atoms with E-state index in [2.05, 4.69) is 5.32 Å². The number of furan rings is 1. The van der Waals surface area contributed by atoms with Crippen molar-refractivity contribution in [3.05, 3.63) is 24.2 Å². The molecular formula is C12H16N2O2. The summed E-state index contributed by atoms with van der Waals surface area (Å²) in [6.45, 7) is 0.593. The van der Waals surface area contributed by atoms with E-state index in [-0.39, 0.29) is 6.03 Å². The van der Waals surface area contributed by atoms with Crippen LogP contribution >= 0.6 is 0 Å². The van der Waals surface area contributed by atoms with Gasteiger partial charge in [0.2, 0.25) is 0 Å². The molecule has 86 valence electrons. The first-order valence-electron chi connectivity index (χ1n) is 5.92. The highest BCUT2D eigenvalue weighted by Gasteiger charge is 2.35. The van der Waals surface area contributed by atoms with E-state index in [4.69, 9.17) is 4.42 Å². The first-order chi connectivity index (χ1) is 7.83. The largest absolute Gasteiger partial charge is 0.467 e. The highest BCUT2D eigenvalue weighted by atomic mass is 16.3. The second kappa shape index (κ2) is 3.85. The molecule has 4 nitrogen and oxygen atoms in total. The fourth-order valence-electron chi connectivity index (χ4n) is 1.81. The normalized spacial score (nSPS) is 19.5. The average molecular weight is 220 g/mol. The molecule has 1 heterocycles. The van der Waals surface area contributed by atoms with Gasteiger partial charge < -0.3 is 14.6 Å². The topological polar surface area (TPSA) is 45.5 Å². The maximum Gasteiger partial charge on any atom is 0.318 e. The van der Waals surface area contributed by atoms with E-state index in [1.54, 1.807) is 6.26 Å². The van der Waals surface area contributed by atoms with Gasteiger partial charge in [-0.3, -0.25) is 0 Å². The maximum absolute atomic E-state index is 12.0. The summed E-state index contributed by atoms with van der Waals surface area (Å²) in [5.41, 5.74) is 0. The van der Waals surface area contributed by atoms with E-state index in [0.29, 0.717) is 18.6 Å². The quantitative estimate of drug-likeness (QED) is 0.844. The molecule has 2 amide bonds. The summed E-state index contributed by atoms with van der Waals surface area (Å²) in [6, 6.07) is 4.69. The highest BCUT2D eigenvalue weighted by Crippen LogP contribution is 2.29. The average Bonchev–Trinajstić information content (AvgIpc) is 3.18. The van der Waals surface area contributed by atoms with Gasteiger partial charge in [0.25, 0.3) is 0 Å². The van der Waals surface area contributed by atoms with Crippen LogP contribution in [0.5, 0.6) is 0 Å². The van der Waals surface area contributed by atoms with E-state index in [9.17, 15) is 4.79 Å². The maximum atomic E-state index is 12.0. The van der Waals surface area contributed by atoms with Crippen LogP contribution in [0.1, 0.15) is 31.4 Å². The summed E-state index contributed by atoms with van der Waals surface area (Å²) in [5.74, 6) is 0.859. The van der Waals surface area contributed by atoms with E-state index in [1.165, 1.54) is 0 Å². The molecule has 0 aromatic carbocycles. The number of urea groups is 1. The Kier molecular flexibility index (Phi) is 2.35. The van der Waals surface area contributed by atoms with Crippen LogP contribution in [0.2, 0.25) is 0 Å². The van der Waals surface area contributed by atoms with Gasteiger partial charge >= 0.3 is 6.03 Å². The minimum atomic E-state index is 0.0707. The lowest BCUT2D eigenvalue weighted by Crippen LogP contribution is -2.41. The number of hydrogen-bond donors (Lipinski definition) is 1. The van der Waals surface area contributed by atoms with Gasteiger partial charge in [-0.2, -0.15) is 0 Å². The molecule has 16 heavy (non-hydrogen) atoms. The number of carbonyl (C=O) groups excluding carboxylic acids is 1. The van der Waals surface area contributed by atoms with Crippen molar-refractivity contribution in [2.24, 2.45) is 0 Å². The number of rotatable bonds is 4. The molecule has 0 radical (unpaired) electrons. The molecule has 0 aliphatic heterocycles. The Balaban J connectivity index is 1.63. The third-order valence-electron chi connectivity index (χ3n) is 3.06. The van der Waals surface area contributed by atoms with Crippen molar-refractivity contribution in [1.82, 2.24) is 10.2 Å². The summed E-state index contributed by atoms with van der Waals surface area (Å²) in [6.07, 6.45) is 6.16. The van der Waals surface area contributed by atoms with Crippen molar-refractivity contribution in [1.29, 1.82) is 0 Å². The fraction of sp³-hybridized carbons (Fsp3) is 0.583. The molecule has 2 saturated carbocycles. The van der Waals surface area contributed by atoms with Gasteiger partial charge in [-0.05, 0) is 37.8 Å². The van der Waals surface area contributed by atoms with Crippen LogP contribution in [-0.4, -0.2) is 23.0 Å². The first kappa shape index (κ1) is 9.75. The zero-order valence-corrected chi connectivity index (χ0v) is 9.19. The Morgan fingerprint density at radius 3 is 2.81 bits per heavy atom. The second-order valence-electron chi connectivity index (χ2n) is 4.66. The van der Waals surface area contributed by atoms with Gasteiger partial charge in [0, 0.05) is 12.1 Å². The van der Waals surface area contributed by atoms with Crippen molar-refractivity contribution in [3.63, 3.8) is 0 Å². The van der Waals surface area contributed by atoms with Crippen molar-refractivity contribution in [2.75, 3.05) is 0 Å². The van der Waals surface area contributed by atoms with Crippen LogP contribution < -0.4 is 5.32 Å². The van der Waals surface area contributed by atoms with Crippen LogP contribution in [0, 0.1) is 0 Å². The molecule has 2 fully saturated rings. The SMILES string of the molecule is O=C(NC1CC1)N(Cc1ccco1)C1CC1. The van der Waals surface area contributed by atoms with Gasteiger partial charge in [-0.25, -0.2) is 4.79 Å². The van der Waals surface area contributed by atoms with E-state index in [1.807, 2.05) is 17.0 Å². The molecule has 1 N–H and O–H groups in total. The molecule has 0 bridgehead atoms. The van der Waals surface area contributed by atoms with Gasteiger partial charge in [0.05, 0.1) is 12.8 Å². The Hall–Kier alpha value is -1.45. The molecule has 0 spiro atoms. The molecule has 2 aliphatic carbocycles. The van der Waals surface area contributed by atoms with Gasteiger partial charge in [-0.1, -0.05) is 0 Å². The monoisotopic (exact) mass is 220 g/mol. The lowest BCUT2D eigenvalue weighted by Gasteiger charge is -2.21. The number of carbonyl (C=O) groups is 1. The van der Waals surface area contributed by atoms with Crippen molar-refractivity contribution >= 4 is 6.03 Å². The molecule has 0 atom stereocenters. The molecule has 0 saturated heterocycles. The van der Waals surface area contributed by atoms with Crippen LogP contribution in [0.3, 0.4) is 0 Å². The molecule has 2 aliphatic rings. The predicted molar refractivity (Wildman–Crippen MR) is 58.8 cm³/mol. The Morgan fingerprint density at radius 2 is 2.25 bits per heavy atom. The minimum absolute atomic E-state index is 0.0707. The molecule has 4 heteroatoms. The number of nitrogens with one attached hydrogen (secondary N) is 1. The Bertz CT molecular complexity index is 366. The van der Waals surface area contributed by atoms with Crippen LogP contribution in [0.25, 0.3) is 0 Å². The van der Waals surface area contributed by atoms with Crippen LogP contribution in [0.4, 0.5) is 4.79 Å². The molecule has 3 rings (SSSR count). The zero-order valence-electron chi connectivity index (χ0n) is 9.19. The highest BCUT2D eigenvalue weighted by molar-refractivity contribution is 5.75. The van der Waals surface area contributed by atoms with Crippen molar-refractivity contribution < 1.29 is 9.21 Å². The summed E-state index contributed by atoms with van der Waals surface area (Å²) in [7, 11) is 0. The van der Waals surface area contributed by atoms with E-state index in [0.717, 1.165) is 31.4 Å². The molecule has 1 aromatic heterocycles. The predicted octanol–water partition coefficient (Wildman–Crippen LogP) is 2.12. The number of amides is 2. The summed E-state index contributed by atoms with van der Waals surface area (Å²) < 4.78 is 5.29. The Morgan fingerprint density at radius 1 is 1.44 bits per heavy atom. The summed E-state index contributed by atoms with van der Waals surface area (Å²) in [4.78, 5) is 13.9. The number of nitrogens with zero attached hydrogens (tertiary/aromatic N) is 1. The van der Waals surface area contributed by atoms with Crippen molar-refractivity contribution in [2.45, 2.75) is 44.3 Å². The van der Waals surface area contributed by atoms with Gasteiger partial charge in [0.1, 0.15) is 5.76 Å². The lowest BCUT2D eigenvalue weighted by molar-refractivity contribution is 0.186. The number of hydrogen-bond acceptors (Lipinski definition) is 2. The van der Waals surface area contributed by atoms with Crippen LogP contribution in [0.15, 0.2) is 22.8 Å². The minimum Gasteiger partial charge on any atom is -0.467 e. The smallest absolute Gasteiger partial charge is 0.318 e. The first-order valence-corrected chi connectivity index (χ1v) is 5.92. The second-order valence-corrected chi connectivity index (χ2v) is 4.66. The lowest BCUT2D eigenvalue weighted by atomic mass is 10.4. The third kappa shape index (κ3) is 2.21. The zero-order chi connectivity index (χ0) is 11.0. The standard InChI is InChI=1S/C12H16N2O2/c15-12(13-9-3-4-9)14(10-5-6-10)8-11-2-1-7-16-11/h1-2,7,9-10H,3-6,8H2,(H,13,15). The van der Waals surface area contributed by atoms with Gasteiger partial charge in [-0.15, -0.1) is 0 Å². The van der Waals surface area contributed by atoms with E-state index < -0.39 is 0 Å². The van der Waals surface area contributed by atoms with Crippen molar-refractivity contribution in [3.8, 4) is 0 Å². The van der Waals surface area contributed by atoms with Crippen LogP contribution in [-0.2, 0) is 6.54 Å². The summed E-state index contributed by atoms with van der Waals surface area (Å²) in [5, 5.41) is 3.03. The fourth-order valence-corrected chi connectivity index (χ4v) is 1.81.